The minimum atomic E-state index is -0.141. The molecule has 1 aliphatic rings. The molecule has 2 aromatic carbocycles. The summed E-state index contributed by atoms with van der Waals surface area (Å²) >= 11 is 1.75. The molecule has 0 spiro atoms. The summed E-state index contributed by atoms with van der Waals surface area (Å²) in [6.07, 6.45) is 1.51. The first-order chi connectivity index (χ1) is 11.3. The number of aryl methyl sites for hydroxylation is 1. The highest BCUT2D eigenvalue weighted by molar-refractivity contribution is 7.17. The summed E-state index contributed by atoms with van der Waals surface area (Å²) in [5.74, 6) is 0.686. The van der Waals surface area contributed by atoms with Crippen molar-refractivity contribution in [2.24, 2.45) is 4.99 Å². The number of benzene rings is 2. The largest absolute Gasteiger partial charge is 0.368 e. The third kappa shape index (κ3) is 2.75. The second-order valence-electron chi connectivity index (χ2n) is 5.68. The van der Waals surface area contributed by atoms with Crippen LogP contribution in [0, 0.1) is 5.82 Å². The van der Waals surface area contributed by atoms with Crippen LogP contribution in [0.2, 0.25) is 0 Å². The van der Waals surface area contributed by atoms with Crippen molar-refractivity contribution >= 4 is 27.3 Å². The molecule has 0 aliphatic carbocycles. The van der Waals surface area contributed by atoms with Crippen LogP contribution in [0.1, 0.15) is 16.7 Å². The van der Waals surface area contributed by atoms with E-state index in [4.69, 9.17) is 0 Å². The zero-order valence-corrected chi connectivity index (χ0v) is 13.5. The van der Waals surface area contributed by atoms with E-state index in [9.17, 15) is 4.39 Å². The van der Waals surface area contributed by atoms with Gasteiger partial charge in [-0.2, -0.15) is 0 Å². The molecule has 4 heteroatoms. The van der Waals surface area contributed by atoms with Crippen LogP contribution in [0.5, 0.6) is 0 Å². The van der Waals surface area contributed by atoms with Gasteiger partial charge in [0.15, 0.2) is 0 Å². The summed E-state index contributed by atoms with van der Waals surface area (Å²) in [4.78, 5) is 4.45. The zero-order chi connectivity index (χ0) is 15.6. The third-order valence-corrected chi connectivity index (χ3v) is 5.26. The molecule has 3 aromatic rings. The lowest BCUT2D eigenvalue weighted by Gasteiger charge is -2.11. The molecule has 23 heavy (non-hydrogen) atoms. The highest BCUT2D eigenvalue weighted by atomic mass is 32.1. The highest BCUT2D eigenvalue weighted by Crippen LogP contribution is 2.26. The second-order valence-corrected chi connectivity index (χ2v) is 6.60. The summed E-state index contributed by atoms with van der Waals surface area (Å²) < 4.78 is 15.7. The van der Waals surface area contributed by atoms with Gasteiger partial charge in [-0.05, 0) is 46.9 Å². The summed E-state index contributed by atoms with van der Waals surface area (Å²) in [7, 11) is 0. The van der Waals surface area contributed by atoms with Crippen LogP contribution in [-0.4, -0.2) is 18.9 Å². The molecular weight excluding hydrogens is 307 g/mol. The standard InChI is InChI=1S/C19H17FN2S/c20-17-6-2-5-16(19-21-10-11-22-19)15(17)8-7-13-3-1-4-14-9-12-23-18(13)14/h1-6,9,12H,7-8,10-11H2,(H,21,22). The monoisotopic (exact) mass is 324 g/mol. The van der Waals surface area contributed by atoms with E-state index in [1.54, 1.807) is 23.5 Å². The lowest BCUT2D eigenvalue weighted by molar-refractivity contribution is 0.608. The SMILES string of the molecule is Fc1cccc(C2=NCCN2)c1CCc1cccc2ccsc12. The van der Waals surface area contributed by atoms with Crippen molar-refractivity contribution in [2.75, 3.05) is 13.1 Å². The van der Waals surface area contributed by atoms with Crippen LogP contribution < -0.4 is 5.32 Å². The highest BCUT2D eigenvalue weighted by Gasteiger charge is 2.16. The molecule has 0 fully saturated rings. The Labute approximate surface area is 138 Å². The maximum atomic E-state index is 14.4. The van der Waals surface area contributed by atoms with Crippen molar-refractivity contribution in [1.29, 1.82) is 0 Å². The molecule has 0 amide bonds. The first-order valence-corrected chi connectivity index (χ1v) is 8.72. The zero-order valence-electron chi connectivity index (χ0n) is 12.7. The average molecular weight is 324 g/mol. The van der Waals surface area contributed by atoms with Crippen LogP contribution in [0.3, 0.4) is 0 Å². The van der Waals surface area contributed by atoms with Gasteiger partial charge in [-0.3, -0.25) is 4.99 Å². The molecule has 1 aromatic heterocycles. The molecular formula is C19H17FN2S. The van der Waals surface area contributed by atoms with E-state index in [2.05, 4.69) is 40.0 Å². The lowest BCUT2D eigenvalue weighted by atomic mass is 9.98. The van der Waals surface area contributed by atoms with E-state index >= 15 is 0 Å². The quantitative estimate of drug-likeness (QED) is 0.765. The van der Waals surface area contributed by atoms with Gasteiger partial charge < -0.3 is 5.32 Å². The average Bonchev–Trinajstić information content (AvgIpc) is 3.25. The minimum Gasteiger partial charge on any atom is -0.368 e. The molecule has 1 N–H and O–H groups in total. The van der Waals surface area contributed by atoms with E-state index in [-0.39, 0.29) is 5.82 Å². The molecule has 4 rings (SSSR count). The van der Waals surface area contributed by atoms with E-state index in [1.165, 1.54) is 15.6 Å². The lowest BCUT2D eigenvalue weighted by Crippen LogP contribution is -2.21. The molecule has 0 radical (unpaired) electrons. The Hall–Kier alpha value is -2.20. The second kappa shape index (κ2) is 6.13. The molecule has 0 saturated carbocycles. The number of nitrogens with zero attached hydrogens (tertiary/aromatic N) is 1. The molecule has 0 unspecified atom stereocenters. The Morgan fingerprint density at radius 1 is 1.09 bits per heavy atom. The van der Waals surface area contributed by atoms with Gasteiger partial charge in [0, 0.05) is 16.8 Å². The topological polar surface area (TPSA) is 24.4 Å². The van der Waals surface area contributed by atoms with Crippen LogP contribution in [-0.2, 0) is 12.8 Å². The molecule has 2 nitrogen and oxygen atoms in total. The van der Waals surface area contributed by atoms with Crippen LogP contribution in [0.15, 0.2) is 52.8 Å². The van der Waals surface area contributed by atoms with E-state index in [0.29, 0.717) is 6.42 Å². The van der Waals surface area contributed by atoms with Crippen molar-refractivity contribution in [3.8, 4) is 0 Å². The fraction of sp³-hybridized carbons (Fsp3) is 0.211. The molecule has 0 saturated heterocycles. The van der Waals surface area contributed by atoms with Gasteiger partial charge >= 0.3 is 0 Å². The number of hydrogen-bond donors (Lipinski definition) is 1. The van der Waals surface area contributed by atoms with E-state index in [0.717, 1.165) is 36.5 Å². The van der Waals surface area contributed by atoms with Crippen LogP contribution in [0.25, 0.3) is 10.1 Å². The maximum Gasteiger partial charge on any atom is 0.128 e. The summed E-state index contributed by atoms with van der Waals surface area (Å²) in [6, 6.07) is 13.7. The number of fused-ring (bicyclic) bond motifs is 1. The van der Waals surface area contributed by atoms with Gasteiger partial charge in [0.1, 0.15) is 11.7 Å². The van der Waals surface area contributed by atoms with Gasteiger partial charge in [0.05, 0.1) is 6.54 Å². The normalized spacial score (nSPS) is 14.0. The molecule has 0 atom stereocenters. The van der Waals surface area contributed by atoms with Gasteiger partial charge in [0.2, 0.25) is 0 Å². The number of aliphatic imine (C=N–C) groups is 1. The molecule has 2 heterocycles. The number of hydrogen-bond acceptors (Lipinski definition) is 3. The van der Waals surface area contributed by atoms with Crippen molar-refractivity contribution < 1.29 is 4.39 Å². The predicted molar refractivity (Wildman–Crippen MR) is 95.0 cm³/mol. The van der Waals surface area contributed by atoms with Crippen molar-refractivity contribution in [3.05, 3.63) is 70.4 Å². The minimum absolute atomic E-state index is 0.141. The molecule has 1 aliphatic heterocycles. The number of thiophene rings is 1. The van der Waals surface area contributed by atoms with Gasteiger partial charge in [-0.25, -0.2) is 4.39 Å². The Bertz CT molecular complexity index is 882. The van der Waals surface area contributed by atoms with Gasteiger partial charge in [-0.15, -0.1) is 11.3 Å². The Kier molecular flexibility index (Phi) is 3.83. The van der Waals surface area contributed by atoms with Gasteiger partial charge in [-0.1, -0.05) is 30.3 Å². The number of halogens is 1. The summed E-state index contributed by atoms with van der Waals surface area (Å²) in [5, 5.41) is 6.63. The van der Waals surface area contributed by atoms with E-state index in [1.807, 2.05) is 6.07 Å². The Morgan fingerprint density at radius 2 is 2.00 bits per heavy atom. The Morgan fingerprint density at radius 3 is 2.87 bits per heavy atom. The first kappa shape index (κ1) is 14.4. The van der Waals surface area contributed by atoms with E-state index < -0.39 is 0 Å². The van der Waals surface area contributed by atoms with Crippen LogP contribution >= 0.6 is 11.3 Å². The number of rotatable bonds is 4. The predicted octanol–water partition coefficient (Wildman–Crippen LogP) is 4.18. The summed E-state index contributed by atoms with van der Waals surface area (Å²) in [6.45, 7) is 1.60. The molecule has 0 bridgehead atoms. The fourth-order valence-corrected chi connectivity index (χ4v) is 4.07. The van der Waals surface area contributed by atoms with Crippen molar-refractivity contribution in [1.82, 2.24) is 5.32 Å². The number of nitrogens with one attached hydrogen (secondary N) is 1. The van der Waals surface area contributed by atoms with Gasteiger partial charge in [0.25, 0.3) is 0 Å². The van der Waals surface area contributed by atoms with Crippen molar-refractivity contribution in [2.45, 2.75) is 12.8 Å². The molecule has 116 valence electrons. The first-order valence-electron chi connectivity index (χ1n) is 7.84. The maximum absolute atomic E-state index is 14.4. The third-order valence-electron chi connectivity index (χ3n) is 4.25. The van der Waals surface area contributed by atoms with Crippen LogP contribution in [0.4, 0.5) is 4.39 Å². The fourth-order valence-electron chi connectivity index (χ4n) is 3.12. The van der Waals surface area contributed by atoms with Crippen molar-refractivity contribution in [3.63, 3.8) is 0 Å². The smallest absolute Gasteiger partial charge is 0.128 e. The number of amidine groups is 1. The Balaban J connectivity index is 1.65. The summed E-state index contributed by atoms with van der Waals surface area (Å²) in [5.41, 5.74) is 2.95.